The Labute approximate surface area is 209 Å². The molecule has 1 nitrogen and oxygen atoms in total. The summed E-state index contributed by atoms with van der Waals surface area (Å²) in [6.45, 7) is 0.244. The molecule has 0 spiro atoms. The lowest BCUT2D eigenvalue weighted by Crippen LogP contribution is -2.20. The zero-order valence-corrected chi connectivity index (χ0v) is 19.9. The number of fused-ring (bicyclic) bond motifs is 1. The molecule has 0 aliphatic rings. The smallest absolute Gasteiger partial charge is 0.422 e. The predicted octanol–water partition coefficient (Wildman–Crippen LogP) is 9.40. The Morgan fingerprint density at radius 1 is 0.703 bits per heavy atom. The monoisotopic (exact) mass is 520 g/mol. The molecule has 0 bridgehead atoms. The van der Waals surface area contributed by atoms with Gasteiger partial charge in [0.15, 0.2) is 24.0 Å². The van der Waals surface area contributed by atoms with Crippen LogP contribution >= 0.6 is 0 Å². The third kappa shape index (κ3) is 6.06. The first kappa shape index (κ1) is 26.5. The average molecular weight is 520 g/mol. The fourth-order valence-corrected chi connectivity index (χ4v) is 4.21. The Bertz CT molecular complexity index is 1430. The first-order chi connectivity index (χ1) is 17.6. The minimum atomic E-state index is -4.76. The Morgan fingerprint density at radius 2 is 1.35 bits per heavy atom. The lowest BCUT2D eigenvalue weighted by molar-refractivity contribution is -0.154. The van der Waals surface area contributed by atoms with Crippen LogP contribution in [0.25, 0.3) is 33.0 Å². The van der Waals surface area contributed by atoms with Gasteiger partial charge in [0.2, 0.25) is 0 Å². The third-order valence-electron chi connectivity index (χ3n) is 6.06. The Balaban J connectivity index is 1.62. The van der Waals surface area contributed by atoms with Crippen LogP contribution in [0, 0.1) is 23.3 Å². The van der Waals surface area contributed by atoms with Crippen molar-refractivity contribution in [3.8, 4) is 28.0 Å². The van der Waals surface area contributed by atoms with E-state index >= 15 is 4.39 Å². The molecule has 0 aliphatic carbocycles. The predicted molar refractivity (Wildman–Crippen MR) is 129 cm³/mol. The maximum Gasteiger partial charge on any atom is 0.422 e. The SMILES string of the molecule is CCCCCc1ccc(-c2ccc(-c3ccc4c(F)c(OCC(F)(F)F)c(F)cc4c3)c(F)c2)c(F)c1. The van der Waals surface area contributed by atoms with Crippen molar-refractivity contribution in [3.05, 3.63) is 89.5 Å². The molecule has 0 N–H and O–H groups in total. The van der Waals surface area contributed by atoms with E-state index in [4.69, 9.17) is 0 Å². The van der Waals surface area contributed by atoms with Crippen LogP contribution in [0.1, 0.15) is 31.7 Å². The van der Waals surface area contributed by atoms with Gasteiger partial charge in [0.25, 0.3) is 0 Å². The number of ether oxygens (including phenoxy) is 1. The number of hydrogen-bond acceptors (Lipinski definition) is 1. The van der Waals surface area contributed by atoms with Gasteiger partial charge in [-0.05, 0) is 59.2 Å². The molecule has 0 saturated carbocycles. The summed E-state index contributed by atoms with van der Waals surface area (Å²) in [5, 5.41) is -0.166. The fraction of sp³-hybridized carbons (Fsp3) is 0.241. The molecule has 0 amide bonds. The summed E-state index contributed by atoms with van der Waals surface area (Å²) >= 11 is 0. The normalized spacial score (nSPS) is 11.8. The second-order valence-electron chi connectivity index (χ2n) is 8.81. The summed E-state index contributed by atoms with van der Waals surface area (Å²) < 4.78 is 100. The Morgan fingerprint density at radius 3 is 2.00 bits per heavy atom. The van der Waals surface area contributed by atoms with Gasteiger partial charge in [-0.2, -0.15) is 13.2 Å². The molecule has 4 rings (SSSR count). The number of unbranched alkanes of at least 4 members (excludes halogenated alkanes) is 2. The van der Waals surface area contributed by atoms with Gasteiger partial charge in [-0.25, -0.2) is 17.6 Å². The van der Waals surface area contributed by atoms with E-state index in [1.165, 1.54) is 36.4 Å². The number of aryl methyl sites for hydroxylation is 1. The van der Waals surface area contributed by atoms with Gasteiger partial charge in [0.1, 0.15) is 11.6 Å². The molecule has 194 valence electrons. The topological polar surface area (TPSA) is 9.23 Å². The summed E-state index contributed by atoms with van der Waals surface area (Å²) in [5.74, 6) is -4.85. The average Bonchev–Trinajstić information content (AvgIpc) is 2.83. The van der Waals surface area contributed by atoms with Crippen molar-refractivity contribution in [3.63, 3.8) is 0 Å². The first-order valence-electron chi connectivity index (χ1n) is 11.8. The number of rotatable bonds is 8. The number of benzene rings is 4. The van der Waals surface area contributed by atoms with Crippen LogP contribution in [0.15, 0.2) is 60.7 Å². The number of hydrogen-bond donors (Lipinski definition) is 0. The molecule has 0 aliphatic heterocycles. The molecule has 0 fully saturated rings. The van der Waals surface area contributed by atoms with Crippen LogP contribution in [-0.4, -0.2) is 12.8 Å². The van der Waals surface area contributed by atoms with Crippen LogP contribution < -0.4 is 4.74 Å². The highest BCUT2D eigenvalue weighted by Gasteiger charge is 2.30. The quantitative estimate of drug-likeness (QED) is 0.166. The van der Waals surface area contributed by atoms with Gasteiger partial charge in [-0.3, -0.25) is 0 Å². The van der Waals surface area contributed by atoms with Crippen LogP contribution in [0.5, 0.6) is 5.75 Å². The summed E-state index contributed by atoms with van der Waals surface area (Å²) in [5.41, 5.74) is 1.85. The van der Waals surface area contributed by atoms with Gasteiger partial charge in [-0.1, -0.05) is 56.2 Å². The van der Waals surface area contributed by atoms with E-state index in [1.54, 1.807) is 12.1 Å². The minimum Gasteiger partial charge on any atom is -0.478 e. The van der Waals surface area contributed by atoms with E-state index < -0.39 is 41.8 Å². The second-order valence-corrected chi connectivity index (χ2v) is 8.81. The van der Waals surface area contributed by atoms with Crippen LogP contribution in [0.3, 0.4) is 0 Å². The Hall–Kier alpha value is -3.55. The van der Waals surface area contributed by atoms with E-state index in [9.17, 15) is 26.3 Å². The van der Waals surface area contributed by atoms with Crippen molar-refractivity contribution in [2.24, 2.45) is 0 Å². The number of alkyl halides is 3. The van der Waals surface area contributed by atoms with E-state index in [0.29, 0.717) is 5.56 Å². The summed E-state index contributed by atoms with van der Waals surface area (Å²) in [7, 11) is 0. The van der Waals surface area contributed by atoms with E-state index in [2.05, 4.69) is 11.7 Å². The lowest BCUT2D eigenvalue weighted by atomic mass is 9.96. The van der Waals surface area contributed by atoms with Crippen LogP contribution in [0.4, 0.5) is 30.7 Å². The lowest BCUT2D eigenvalue weighted by Gasteiger charge is -2.13. The summed E-state index contributed by atoms with van der Waals surface area (Å²) in [6, 6.07) is 13.8. The van der Waals surface area contributed by atoms with E-state index in [1.807, 2.05) is 6.07 Å². The highest BCUT2D eigenvalue weighted by Crippen LogP contribution is 2.35. The molecule has 4 aromatic carbocycles. The Kier molecular flexibility index (Phi) is 7.76. The third-order valence-corrected chi connectivity index (χ3v) is 6.06. The zero-order chi connectivity index (χ0) is 26.7. The molecule has 0 atom stereocenters. The molecule has 0 heterocycles. The van der Waals surface area contributed by atoms with E-state index in [-0.39, 0.29) is 27.5 Å². The van der Waals surface area contributed by atoms with Gasteiger partial charge < -0.3 is 4.74 Å². The highest BCUT2D eigenvalue weighted by atomic mass is 19.4. The van der Waals surface area contributed by atoms with Crippen molar-refractivity contribution < 1.29 is 35.5 Å². The minimum absolute atomic E-state index is 0.0139. The maximum absolute atomic E-state index is 15.1. The van der Waals surface area contributed by atoms with Gasteiger partial charge in [-0.15, -0.1) is 0 Å². The molecule has 0 radical (unpaired) electrons. The standard InChI is InChI=1S/C29H23F7O/c1-2-3-4-5-17-6-9-21(24(30)12-17)19-7-10-22(25(31)14-19)18-8-11-23-20(13-18)15-26(32)28(27(23)33)37-16-29(34,35)36/h6-15H,2-5,16H2,1H3. The number of halogens is 7. The summed E-state index contributed by atoms with van der Waals surface area (Å²) in [4.78, 5) is 0. The van der Waals surface area contributed by atoms with Gasteiger partial charge in [0.05, 0.1) is 0 Å². The highest BCUT2D eigenvalue weighted by molar-refractivity contribution is 5.89. The van der Waals surface area contributed by atoms with Gasteiger partial charge in [0, 0.05) is 16.5 Å². The fourth-order valence-electron chi connectivity index (χ4n) is 4.21. The molecule has 4 aromatic rings. The van der Waals surface area contributed by atoms with Crippen LogP contribution in [0.2, 0.25) is 0 Å². The van der Waals surface area contributed by atoms with Crippen LogP contribution in [-0.2, 0) is 6.42 Å². The molecular weight excluding hydrogens is 497 g/mol. The van der Waals surface area contributed by atoms with Crippen molar-refractivity contribution in [1.82, 2.24) is 0 Å². The molecule has 8 heteroatoms. The molecule has 0 aromatic heterocycles. The van der Waals surface area contributed by atoms with Crippen molar-refractivity contribution in [2.75, 3.05) is 6.61 Å². The van der Waals surface area contributed by atoms with Crippen molar-refractivity contribution >= 4 is 10.8 Å². The molecule has 0 unspecified atom stereocenters. The second kappa shape index (κ2) is 10.8. The molecular formula is C29H23F7O. The molecule has 0 saturated heterocycles. The largest absolute Gasteiger partial charge is 0.478 e. The molecule has 37 heavy (non-hydrogen) atoms. The van der Waals surface area contributed by atoms with Gasteiger partial charge >= 0.3 is 6.18 Å². The first-order valence-corrected chi connectivity index (χ1v) is 11.8. The van der Waals surface area contributed by atoms with Crippen molar-refractivity contribution in [2.45, 2.75) is 38.8 Å². The van der Waals surface area contributed by atoms with E-state index in [0.717, 1.165) is 37.3 Å². The van der Waals surface area contributed by atoms with Crippen molar-refractivity contribution in [1.29, 1.82) is 0 Å². The maximum atomic E-state index is 15.1. The zero-order valence-electron chi connectivity index (χ0n) is 19.9. The summed E-state index contributed by atoms with van der Waals surface area (Å²) in [6.07, 6.45) is -0.930.